The Kier molecular flexibility index (Phi) is 3.19. The molecule has 8 heteroatoms. The van der Waals surface area contributed by atoms with Crippen molar-refractivity contribution in [3.8, 4) is 0 Å². The standard InChI is InChI=1S/C16H10N2O4S2/c19-14-8-11(16(20)17-14)12-9-18(13-5-2-1-4-10(12)13)24(21,22)15-6-3-7-23-15/h1-9H,(H,17,19,20). The van der Waals surface area contributed by atoms with Crippen LogP contribution in [0.15, 0.2) is 58.3 Å². The van der Waals surface area contributed by atoms with E-state index in [1.807, 2.05) is 0 Å². The summed E-state index contributed by atoms with van der Waals surface area (Å²) < 4.78 is 27.1. The lowest BCUT2D eigenvalue weighted by atomic mass is 10.1. The number of aromatic nitrogens is 1. The molecule has 0 unspecified atom stereocenters. The Balaban J connectivity index is 2.01. The van der Waals surface area contributed by atoms with E-state index in [0.29, 0.717) is 16.5 Å². The topological polar surface area (TPSA) is 85.2 Å². The van der Waals surface area contributed by atoms with E-state index in [9.17, 15) is 18.0 Å². The van der Waals surface area contributed by atoms with Gasteiger partial charge in [-0.05, 0) is 17.5 Å². The molecular formula is C16H10N2O4S2. The zero-order valence-electron chi connectivity index (χ0n) is 12.1. The molecule has 4 rings (SSSR count). The molecule has 3 aromatic rings. The van der Waals surface area contributed by atoms with Gasteiger partial charge in [0.1, 0.15) is 4.21 Å². The maximum Gasteiger partial charge on any atom is 0.277 e. The number of amides is 2. The molecule has 2 aromatic heterocycles. The highest BCUT2D eigenvalue weighted by Crippen LogP contribution is 2.32. The number of nitrogens with zero attached hydrogens (tertiary/aromatic N) is 1. The molecule has 2 amide bonds. The lowest BCUT2D eigenvalue weighted by Gasteiger charge is -2.04. The van der Waals surface area contributed by atoms with Gasteiger partial charge in [0, 0.05) is 23.2 Å². The molecule has 0 atom stereocenters. The lowest BCUT2D eigenvalue weighted by Crippen LogP contribution is -2.21. The third-order valence-corrected chi connectivity index (χ3v) is 6.78. The van der Waals surface area contributed by atoms with Crippen molar-refractivity contribution in [2.24, 2.45) is 0 Å². The highest BCUT2D eigenvalue weighted by Gasteiger charge is 2.28. The van der Waals surface area contributed by atoms with E-state index in [2.05, 4.69) is 5.32 Å². The normalized spacial score (nSPS) is 14.9. The first-order valence-electron chi connectivity index (χ1n) is 6.95. The van der Waals surface area contributed by atoms with Crippen molar-refractivity contribution in [2.75, 3.05) is 0 Å². The first kappa shape index (κ1) is 14.9. The molecule has 120 valence electrons. The molecule has 0 radical (unpaired) electrons. The smallest absolute Gasteiger partial charge is 0.277 e. The molecule has 0 fully saturated rings. The minimum absolute atomic E-state index is 0.163. The molecule has 1 aliphatic heterocycles. The van der Waals surface area contributed by atoms with E-state index in [1.165, 1.54) is 18.3 Å². The van der Waals surface area contributed by atoms with Gasteiger partial charge >= 0.3 is 0 Å². The maximum absolute atomic E-state index is 12.9. The predicted molar refractivity (Wildman–Crippen MR) is 90.0 cm³/mol. The number of hydrogen-bond acceptors (Lipinski definition) is 5. The number of hydrogen-bond donors (Lipinski definition) is 1. The number of fused-ring (bicyclic) bond motifs is 1. The number of nitrogens with one attached hydrogen (secondary N) is 1. The molecular weight excluding hydrogens is 348 g/mol. The largest absolute Gasteiger partial charge is 0.289 e. The first-order valence-corrected chi connectivity index (χ1v) is 9.27. The fourth-order valence-electron chi connectivity index (χ4n) is 2.68. The molecule has 0 saturated heterocycles. The van der Waals surface area contributed by atoms with Crippen molar-refractivity contribution in [1.29, 1.82) is 0 Å². The van der Waals surface area contributed by atoms with Gasteiger partial charge in [0.05, 0.1) is 11.1 Å². The van der Waals surface area contributed by atoms with Crippen LogP contribution in [0, 0.1) is 0 Å². The van der Waals surface area contributed by atoms with Gasteiger partial charge in [0.25, 0.3) is 21.8 Å². The monoisotopic (exact) mass is 358 g/mol. The summed E-state index contributed by atoms with van der Waals surface area (Å²) >= 11 is 1.12. The van der Waals surface area contributed by atoms with Crippen LogP contribution in [0.5, 0.6) is 0 Å². The maximum atomic E-state index is 12.9. The Labute approximate surface area is 141 Å². The van der Waals surface area contributed by atoms with E-state index in [0.717, 1.165) is 15.3 Å². The van der Waals surface area contributed by atoms with Gasteiger partial charge in [-0.1, -0.05) is 24.3 Å². The summed E-state index contributed by atoms with van der Waals surface area (Å²) in [6, 6.07) is 10.1. The van der Waals surface area contributed by atoms with Gasteiger partial charge in [-0.25, -0.2) is 3.97 Å². The molecule has 6 nitrogen and oxygen atoms in total. The summed E-state index contributed by atoms with van der Waals surface area (Å²) in [5.74, 6) is -1.04. The molecule has 0 saturated carbocycles. The van der Waals surface area contributed by atoms with Gasteiger partial charge < -0.3 is 0 Å². The van der Waals surface area contributed by atoms with E-state index < -0.39 is 21.8 Å². The van der Waals surface area contributed by atoms with Gasteiger partial charge in [-0.2, -0.15) is 8.42 Å². The molecule has 0 spiro atoms. The van der Waals surface area contributed by atoms with Crippen LogP contribution < -0.4 is 5.32 Å². The SMILES string of the molecule is O=C1C=C(c2cn(S(=O)(=O)c3cccs3)c3ccccc23)C(=O)N1. The van der Waals surface area contributed by atoms with Crippen molar-refractivity contribution < 1.29 is 18.0 Å². The Hall–Kier alpha value is -2.71. The third-order valence-electron chi connectivity index (χ3n) is 3.73. The quantitative estimate of drug-likeness (QED) is 0.726. The predicted octanol–water partition coefficient (Wildman–Crippen LogP) is 1.98. The second-order valence-electron chi connectivity index (χ2n) is 5.17. The molecule has 24 heavy (non-hydrogen) atoms. The van der Waals surface area contributed by atoms with Gasteiger partial charge in [0.15, 0.2) is 0 Å². The van der Waals surface area contributed by atoms with Crippen molar-refractivity contribution in [3.05, 3.63) is 59.6 Å². The minimum Gasteiger partial charge on any atom is -0.289 e. The fourth-order valence-corrected chi connectivity index (χ4v) is 5.13. The molecule has 3 heterocycles. The lowest BCUT2D eigenvalue weighted by molar-refractivity contribution is -0.123. The Morgan fingerprint density at radius 1 is 1.04 bits per heavy atom. The number of benzene rings is 1. The summed E-state index contributed by atoms with van der Waals surface area (Å²) in [4.78, 5) is 23.4. The third kappa shape index (κ3) is 2.11. The summed E-state index contributed by atoms with van der Waals surface area (Å²) in [6.07, 6.45) is 2.58. The summed E-state index contributed by atoms with van der Waals surface area (Å²) in [5.41, 5.74) is 1.03. The summed E-state index contributed by atoms with van der Waals surface area (Å²) in [5, 5.41) is 4.46. The first-order chi connectivity index (χ1) is 11.5. The summed E-state index contributed by atoms with van der Waals surface area (Å²) in [6.45, 7) is 0. The van der Waals surface area contributed by atoms with Gasteiger partial charge in [0.2, 0.25) is 0 Å². The van der Waals surface area contributed by atoms with Crippen LogP contribution in [0.25, 0.3) is 16.5 Å². The second-order valence-corrected chi connectivity index (χ2v) is 8.16. The van der Waals surface area contributed by atoms with E-state index in [4.69, 9.17) is 0 Å². The molecule has 0 bridgehead atoms. The van der Waals surface area contributed by atoms with Crippen molar-refractivity contribution >= 4 is 49.7 Å². The van der Waals surface area contributed by atoms with E-state index >= 15 is 0 Å². The van der Waals surface area contributed by atoms with Crippen LogP contribution in [0.1, 0.15) is 5.56 Å². The number of carbonyl (C=O) groups is 2. The van der Waals surface area contributed by atoms with Crippen LogP contribution in [0.4, 0.5) is 0 Å². The van der Waals surface area contributed by atoms with Crippen molar-refractivity contribution in [3.63, 3.8) is 0 Å². The van der Waals surface area contributed by atoms with Crippen LogP contribution in [0.3, 0.4) is 0 Å². The minimum atomic E-state index is -3.77. The Bertz CT molecular complexity index is 1120. The number of thiophene rings is 1. The van der Waals surface area contributed by atoms with Crippen LogP contribution in [-0.4, -0.2) is 24.2 Å². The van der Waals surface area contributed by atoms with E-state index in [-0.39, 0.29) is 9.78 Å². The van der Waals surface area contributed by atoms with Crippen molar-refractivity contribution in [2.45, 2.75) is 4.21 Å². The zero-order chi connectivity index (χ0) is 16.9. The molecule has 1 aromatic carbocycles. The highest BCUT2D eigenvalue weighted by molar-refractivity contribution is 7.92. The Morgan fingerprint density at radius 2 is 1.83 bits per heavy atom. The molecule has 1 aliphatic rings. The Morgan fingerprint density at radius 3 is 2.50 bits per heavy atom. The fraction of sp³-hybridized carbons (Fsp3) is 0. The van der Waals surface area contributed by atoms with Crippen LogP contribution in [-0.2, 0) is 19.6 Å². The average Bonchev–Trinajstić information content (AvgIpc) is 3.26. The zero-order valence-corrected chi connectivity index (χ0v) is 13.7. The van der Waals surface area contributed by atoms with Gasteiger partial charge in [-0.3, -0.25) is 14.9 Å². The highest BCUT2D eigenvalue weighted by atomic mass is 32.2. The molecule has 0 aliphatic carbocycles. The summed E-state index contributed by atoms with van der Waals surface area (Å²) in [7, 11) is -3.77. The number of para-hydroxylation sites is 1. The van der Waals surface area contributed by atoms with Crippen LogP contribution >= 0.6 is 11.3 Å². The van der Waals surface area contributed by atoms with Gasteiger partial charge in [-0.15, -0.1) is 11.3 Å². The van der Waals surface area contributed by atoms with Crippen LogP contribution in [0.2, 0.25) is 0 Å². The molecule has 1 N–H and O–H groups in total. The van der Waals surface area contributed by atoms with E-state index in [1.54, 1.807) is 35.7 Å². The number of carbonyl (C=O) groups excluding carboxylic acids is 2. The van der Waals surface area contributed by atoms with Crippen molar-refractivity contribution in [1.82, 2.24) is 9.29 Å². The number of imide groups is 1. The average molecular weight is 358 g/mol. The second kappa shape index (κ2) is 5.15. The number of rotatable bonds is 3.